The summed E-state index contributed by atoms with van der Waals surface area (Å²) in [6.07, 6.45) is 3.40. The average Bonchev–Trinajstić information content (AvgIpc) is 2.63. The Hall–Kier alpha value is -0.860. The van der Waals surface area contributed by atoms with Crippen LogP contribution in [0, 0.1) is 0 Å². The SMILES string of the molecule is CC(C)(O)C(O)Cc1ccc2c(c1)CCC2. The van der Waals surface area contributed by atoms with Crippen molar-refractivity contribution in [2.24, 2.45) is 0 Å². The normalized spacial score (nSPS) is 17.2. The van der Waals surface area contributed by atoms with Crippen molar-refractivity contribution in [3.05, 3.63) is 34.9 Å². The molecule has 1 aliphatic rings. The molecule has 0 bridgehead atoms. The molecule has 1 aromatic rings. The Morgan fingerprint density at radius 3 is 2.62 bits per heavy atom. The molecule has 0 fully saturated rings. The number of rotatable bonds is 3. The fourth-order valence-corrected chi connectivity index (χ4v) is 2.23. The largest absolute Gasteiger partial charge is 0.390 e. The van der Waals surface area contributed by atoms with Gasteiger partial charge in [-0.3, -0.25) is 0 Å². The van der Waals surface area contributed by atoms with Crippen LogP contribution >= 0.6 is 0 Å². The number of fused-ring (bicyclic) bond motifs is 1. The van der Waals surface area contributed by atoms with Gasteiger partial charge in [0.05, 0.1) is 11.7 Å². The molecule has 16 heavy (non-hydrogen) atoms. The van der Waals surface area contributed by atoms with E-state index in [1.54, 1.807) is 13.8 Å². The first-order valence-corrected chi connectivity index (χ1v) is 5.98. The molecule has 2 rings (SSSR count). The van der Waals surface area contributed by atoms with Gasteiger partial charge in [0.25, 0.3) is 0 Å². The minimum Gasteiger partial charge on any atom is -0.390 e. The lowest BCUT2D eigenvalue weighted by atomic mass is 9.94. The van der Waals surface area contributed by atoms with Gasteiger partial charge in [0.2, 0.25) is 0 Å². The van der Waals surface area contributed by atoms with Gasteiger partial charge in [-0.05, 0) is 49.8 Å². The fourth-order valence-electron chi connectivity index (χ4n) is 2.23. The third-order valence-corrected chi connectivity index (χ3v) is 3.41. The molecule has 88 valence electrons. The van der Waals surface area contributed by atoms with Crippen molar-refractivity contribution in [1.82, 2.24) is 0 Å². The number of hydrogen-bond acceptors (Lipinski definition) is 2. The number of hydrogen-bond donors (Lipinski definition) is 2. The van der Waals surface area contributed by atoms with Crippen molar-refractivity contribution >= 4 is 0 Å². The maximum atomic E-state index is 9.84. The molecule has 1 aromatic carbocycles. The minimum absolute atomic E-state index is 0.525. The summed E-state index contributed by atoms with van der Waals surface area (Å²) in [7, 11) is 0. The Labute approximate surface area is 96.9 Å². The Kier molecular flexibility index (Phi) is 3.04. The molecule has 0 spiro atoms. The summed E-state index contributed by atoms with van der Waals surface area (Å²) in [5.41, 5.74) is 2.95. The van der Waals surface area contributed by atoms with Crippen LogP contribution in [0.4, 0.5) is 0 Å². The quantitative estimate of drug-likeness (QED) is 0.816. The van der Waals surface area contributed by atoms with Crippen molar-refractivity contribution < 1.29 is 10.2 Å². The maximum absolute atomic E-state index is 9.84. The number of benzene rings is 1. The number of aliphatic hydroxyl groups excluding tert-OH is 1. The molecule has 1 atom stereocenters. The van der Waals surface area contributed by atoms with E-state index in [4.69, 9.17) is 0 Å². The van der Waals surface area contributed by atoms with Gasteiger partial charge in [-0.15, -0.1) is 0 Å². The van der Waals surface area contributed by atoms with E-state index < -0.39 is 11.7 Å². The first kappa shape index (κ1) is 11.6. The highest BCUT2D eigenvalue weighted by molar-refractivity contribution is 5.35. The van der Waals surface area contributed by atoms with Crippen molar-refractivity contribution in [1.29, 1.82) is 0 Å². The zero-order chi connectivity index (χ0) is 11.8. The van der Waals surface area contributed by atoms with Crippen molar-refractivity contribution in [2.45, 2.75) is 51.2 Å². The van der Waals surface area contributed by atoms with Crippen molar-refractivity contribution in [3.63, 3.8) is 0 Å². The molecule has 0 heterocycles. The Morgan fingerprint density at radius 2 is 1.94 bits per heavy atom. The first-order chi connectivity index (χ1) is 7.47. The minimum atomic E-state index is -1.03. The molecule has 0 amide bonds. The lowest BCUT2D eigenvalue weighted by molar-refractivity contribution is -0.0469. The van der Waals surface area contributed by atoms with Crippen LogP contribution < -0.4 is 0 Å². The summed E-state index contributed by atoms with van der Waals surface area (Å²) in [6, 6.07) is 6.41. The molecule has 2 N–H and O–H groups in total. The van der Waals surface area contributed by atoms with Crippen LogP contribution in [0.3, 0.4) is 0 Å². The third kappa shape index (κ3) is 2.45. The standard InChI is InChI=1S/C14H20O2/c1-14(2,16)13(15)9-10-6-7-11-4-3-5-12(11)8-10/h6-8,13,15-16H,3-5,9H2,1-2H3. The summed E-state index contributed by atoms with van der Waals surface area (Å²) in [6.45, 7) is 3.29. The smallest absolute Gasteiger partial charge is 0.0861 e. The fraction of sp³-hybridized carbons (Fsp3) is 0.571. The molecule has 0 radical (unpaired) electrons. The lowest BCUT2D eigenvalue weighted by Crippen LogP contribution is -2.37. The summed E-state index contributed by atoms with van der Waals surface area (Å²) < 4.78 is 0. The van der Waals surface area contributed by atoms with Crippen molar-refractivity contribution in [2.75, 3.05) is 0 Å². The van der Waals surface area contributed by atoms with Crippen LogP contribution in [0.15, 0.2) is 18.2 Å². The van der Waals surface area contributed by atoms with E-state index in [0.717, 1.165) is 12.0 Å². The number of aliphatic hydroxyl groups is 2. The molecule has 1 unspecified atom stereocenters. The van der Waals surface area contributed by atoms with E-state index in [1.165, 1.54) is 24.0 Å². The van der Waals surface area contributed by atoms with Gasteiger partial charge in [0.15, 0.2) is 0 Å². The van der Waals surface area contributed by atoms with Gasteiger partial charge in [0, 0.05) is 6.42 Å². The highest BCUT2D eigenvalue weighted by atomic mass is 16.3. The van der Waals surface area contributed by atoms with Gasteiger partial charge in [-0.25, -0.2) is 0 Å². The topological polar surface area (TPSA) is 40.5 Å². The van der Waals surface area contributed by atoms with Crippen LogP contribution in [0.1, 0.15) is 37.0 Å². The molecule has 1 aliphatic carbocycles. The molecule has 0 aromatic heterocycles. The van der Waals surface area contributed by atoms with E-state index >= 15 is 0 Å². The summed E-state index contributed by atoms with van der Waals surface area (Å²) in [5.74, 6) is 0. The van der Waals surface area contributed by atoms with Crippen LogP contribution in [-0.2, 0) is 19.3 Å². The van der Waals surface area contributed by atoms with Gasteiger partial charge in [-0.2, -0.15) is 0 Å². The van der Waals surface area contributed by atoms with Crippen LogP contribution in [0.25, 0.3) is 0 Å². The van der Waals surface area contributed by atoms with Crippen molar-refractivity contribution in [3.8, 4) is 0 Å². The van der Waals surface area contributed by atoms with E-state index in [0.29, 0.717) is 6.42 Å². The number of aryl methyl sites for hydroxylation is 2. The second kappa shape index (κ2) is 4.19. The maximum Gasteiger partial charge on any atom is 0.0861 e. The lowest BCUT2D eigenvalue weighted by Gasteiger charge is -2.24. The predicted octanol–water partition coefficient (Wildman–Crippen LogP) is 1.85. The zero-order valence-corrected chi connectivity index (χ0v) is 10.0. The third-order valence-electron chi connectivity index (χ3n) is 3.41. The first-order valence-electron chi connectivity index (χ1n) is 5.98. The second-order valence-corrected chi connectivity index (χ2v) is 5.33. The highest BCUT2D eigenvalue weighted by Crippen LogP contribution is 2.24. The van der Waals surface area contributed by atoms with Gasteiger partial charge < -0.3 is 10.2 Å². The van der Waals surface area contributed by atoms with Crippen LogP contribution in [0.2, 0.25) is 0 Å². The van der Waals surface area contributed by atoms with E-state index in [9.17, 15) is 10.2 Å². The molecule has 0 saturated carbocycles. The molecule has 2 heteroatoms. The Balaban J connectivity index is 2.11. The summed E-state index contributed by atoms with van der Waals surface area (Å²) in [4.78, 5) is 0. The van der Waals surface area contributed by atoms with E-state index in [1.807, 2.05) is 0 Å². The van der Waals surface area contributed by atoms with E-state index in [2.05, 4.69) is 18.2 Å². The molecular formula is C14H20O2. The molecule has 2 nitrogen and oxygen atoms in total. The molecular weight excluding hydrogens is 200 g/mol. The van der Waals surface area contributed by atoms with Gasteiger partial charge in [-0.1, -0.05) is 18.2 Å². The predicted molar refractivity (Wildman–Crippen MR) is 64.5 cm³/mol. The van der Waals surface area contributed by atoms with Gasteiger partial charge in [0.1, 0.15) is 0 Å². The van der Waals surface area contributed by atoms with Gasteiger partial charge >= 0.3 is 0 Å². The average molecular weight is 220 g/mol. The summed E-state index contributed by atoms with van der Waals surface area (Å²) >= 11 is 0. The Bertz CT molecular complexity index is 377. The van der Waals surface area contributed by atoms with Crippen LogP contribution in [0.5, 0.6) is 0 Å². The second-order valence-electron chi connectivity index (χ2n) is 5.33. The Morgan fingerprint density at radius 1 is 1.25 bits per heavy atom. The zero-order valence-electron chi connectivity index (χ0n) is 10.0. The van der Waals surface area contributed by atoms with Crippen LogP contribution in [-0.4, -0.2) is 21.9 Å². The monoisotopic (exact) mass is 220 g/mol. The summed E-state index contributed by atoms with van der Waals surface area (Å²) in [5, 5.41) is 19.5. The van der Waals surface area contributed by atoms with E-state index in [-0.39, 0.29) is 0 Å². The highest BCUT2D eigenvalue weighted by Gasteiger charge is 2.24. The molecule has 0 saturated heterocycles. The molecule has 0 aliphatic heterocycles.